The first-order valence-electron chi connectivity index (χ1n) is 6.90. The summed E-state index contributed by atoms with van der Waals surface area (Å²) in [5.41, 5.74) is 1.38. The highest BCUT2D eigenvalue weighted by Crippen LogP contribution is 2.27. The Labute approximate surface area is 133 Å². The summed E-state index contributed by atoms with van der Waals surface area (Å²) >= 11 is 6.29. The number of methoxy groups -OCH3 is 1. The monoisotopic (exact) mass is 320 g/mol. The van der Waals surface area contributed by atoms with Gasteiger partial charge in [0.25, 0.3) is 0 Å². The molecule has 1 atom stereocenters. The predicted octanol–water partition coefficient (Wildman–Crippen LogP) is 3.02. The van der Waals surface area contributed by atoms with Crippen molar-refractivity contribution in [3.05, 3.63) is 41.0 Å². The Balaban J connectivity index is 2.33. The first-order chi connectivity index (χ1) is 10.5. The lowest BCUT2D eigenvalue weighted by atomic mass is 10.1. The highest BCUT2D eigenvalue weighted by atomic mass is 35.5. The number of nitrogens with zero attached hydrogens (tertiary/aromatic N) is 1. The normalized spacial score (nSPS) is 12.0. The number of carbonyl (C=O) groups is 2. The van der Waals surface area contributed by atoms with E-state index in [1.54, 1.807) is 6.07 Å². The van der Waals surface area contributed by atoms with E-state index in [1.165, 1.54) is 14.0 Å². The molecule has 1 aromatic heterocycles. The average molecular weight is 321 g/mol. The number of nitrogens with one attached hydrogen (secondary N) is 1. The maximum atomic E-state index is 11.4. The molecule has 2 rings (SSSR count). The van der Waals surface area contributed by atoms with E-state index in [-0.39, 0.29) is 18.3 Å². The topological polar surface area (TPSA) is 68.3 Å². The van der Waals surface area contributed by atoms with Gasteiger partial charge in [0.15, 0.2) is 0 Å². The number of benzene rings is 1. The summed E-state index contributed by atoms with van der Waals surface area (Å²) in [5, 5.41) is 4.21. The van der Waals surface area contributed by atoms with E-state index in [9.17, 15) is 9.59 Å². The fourth-order valence-corrected chi connectivity index (χ4v) is 2.51. The van der Waals surface area contributed by atoms with Crippen LogP contribution in [0.5, 0.6) is 0 Å². The number of esters is 1. The third kappa shape index (κ3) is 3.95. The quantitative estimate of drug-likeness (QED) is 0.860. The van der Waals surface area contributed by atoms with Gasteiger partial charge in [0.1, 0.15) is 0 Å². The molecule has 0 spiro atoms. The standard InChI is InChI=1S/C16H17ClN2O3/c1-10(20)18-14(7-8-16(21)22-2)15-9-12(17)11-5-3-4-6-13(11)19-15/h3-6,9,14H,7-8H2,1-2H3,(H,18,20)/t14-/m0/s1. The lowest BCUT2D eigenvalue weighted by Gasteiger charge is -2.18. The van der Waals surface area contributed by atoms with Gasteiger partial charge in [-0.25, -0.2) is 0 Å². The second-order valence-electron chi connectivity index (χ2n) is 4.91. The highest BCUT2D eigenvalue weighted by Gasteiger charge is 2.18. The summed E-state index contributed by atoms with van der Waals surface area (Å²) in [7, 11) is 1.33. The van der Waals surface area contributed by atoms with E-state index >= 15 is 0 Å². The Hall–Kier alpha value is -2.14. The summed E-state index contributed by atoms with van der Waals surface area (Å²) in [6.45, 7) is 1.42. The number of hydrogen-bond donors (Lipinski definition) is 1. The minimum Gasteiger partial charge on any atom is -0.469 e. The highest BCUT2D eigenvalue weighted by molar-refractivity contribution is 6.35. The second-order valence-corrected chi connectivity index (χ2v) is 5.32. The Kier molecular flexibility index (Phi) is 5.33. The van der Waals surface area contributed by atoms with Crippen LogP contribution in [-0.4, -0.2) is 24.0 Å². The zero-order valence-corrected chi connectivity index (χ0v) is 13.2. The Morgan fingerprint density at radius 3 is 2.77 bits per heavy atom. The SMILES string of the molecule is COC(=O)CC[C@H](NC(C)=O)c1cc(Cl)c2ccccc2n1. The first kappa shape index (κ1) is 16.2. The molecule has 0 aliphatic rings. The maximum Gasteiger partial charge on any atom is 0.305 e. The van der Waals surface area contributed by atoms with Crippen molar-refractivity contribution in [1.29, 1.82) is 0 Å². The van der Waals surface area contributed by atoms with Crippen LogP contribution >= 0.6 is 11.6 Å². The van der Waals surface area contributed by atoms with Gasteiger partial charge >= 0.3 is 5.97 Å². The summed E-state index contributed by atoms with van der Waals surface area (Å²) < 4.78 is 4.64. The van der Waals surface area contributed by atoms with Gasteiger partial charge in [0.2, 0.25) is 5.91 Å². The number of carbonyl (C=O) groups excluding carboxylic acids is 2. The van der Waals surface area contributed by atoms with Gasteiger partial charge in [-0.15, -0.1) is 0 Å². The van der Waals surface area contributed by atoms with Gasteiger partial charge in [0, 0.05) is 18.7 Å². The molecule has 0 fully saturated rings. The number of halogens is 1. The molecule has 1 heterocycles. The number of fused-ring (bicyclic) bond motifs is 1. The van der Waals surface area contributed by atoms with Crippen molar-refractivity contribution in [3.63, 3.8) is 0 Å². The Morgan fingerprint density at radius 1 is 1.36 bits per heavy atom. The molecule has 0 saturated carbocycles. The molecule has 1 amide bonds. The number of para-hydroxylation sites is 1. The fraction of sp³-hybridized carbons (Fsp3) is 0.312. The Morgan fingerprint density at radius 2 is 2.09 bits per heavy atom. The van der Waals surface area contributed by atoms with E-state index in [4.69, 9.17) is 11.6 Å². The van der Waals surface area contributed by atoms with Crippen molar-refractivity contribution < 1.29 is 14.3 Å². The second kappa shape index (κ2) is 7.22. The van der Waals surface area contributed by atoms with Crippen LogP contribution in [0.2, 0.25) is 5.02 Å². The lowest BCUT2D eigenvalue weighted by molar-refractivity contribution is -0.141. The van der Waals surface area contributed by atoms with Crippen molar-refractivity contribution in [2.75, 3.05) is 7.11 Å². The van der Waals surface area contributed by atoms with Crippen molar-refractivity contribution in [2.24, 2.45) is 0 Å². The summed E-state index contributed by atoms with van der Waals surface area (Å²) in [4.78, 5) is 27.3. The molecule has 2 aromatic rings. The molecule has 1 aromatic carbocycles. The van der Waals surface area contributed by atoms with E-state index in [1.807, 2.05) is 24.3 Å². The van der Waals surface area contributed by atoms with Crippen molar-refractivity contribution in [3.8, 4) is 0 Å². The lowest BCUT2D eigenvalue weighted by Crippen LogP contribution is -2.27. The van der Waals surface area contributed by atoms with Gasteiger partial charge in [-0.1, -0.05) is 29.8 Å². The predicted molar refractivity (Wildman–Crippen MR) is 84.6 cm³/mol. The number of amides is 1. The van der Waals surface area contributed by atoms with E-state index in [0.29, 0.717) is 17.1 Å². The largest absolute Gasteiger partial charge is 0.469 e. The van der Waals surface area contributed by atoms with Crippen LogP contribution in [0, 0.1) is 0 Å². The zero-order valence-electron chi connectivity index (χ0n) is 12.4. The minimum atomic E-state index is -0.390. The molecule has 6 heteroatoms. The average Bonchev–Trinajstić information content (AvgIpc) is 2.50. The number of ether oxygens (including phenoxy) is 1. The molecule has 0 aliphatic heterocycles. The van der Waals surface area contributed by atoms with Crippen LogP contribution in [0.4, 0.5) is 0 Å². The van der Waals surface area contributed by atoms with Crippen LogP contribution in [0.15, 0.2) is 30.3 Å². The maximum absolute atomic E-state index is 11.4. The van der Waals surface area contributed by atoms with Crippen molar-refractivity contribution in [2.45, 2.75) is 25.8 Å². The van der Waals surface area contributed by atoms with Crippen LogP contribution in [0.1, 0.15) is 31.5 Å². The number of rotatable bonds is 5. The van der Waals surface area contributed by atoms with E-state index in [2.05, 4.69) is 15.0 Å². The van der Waals surface area contributed by atoms with Gasteiger partial charge in [-0.05, 0) is 18.6 Å². The van der Waals surface area contributed by atoms with Gasteiger partial charge in [0.05, 0.1) is 29.4 Å². The molecule has 116 valence electrons. The first-order valence-corrected chi connectivity index (χ1v) is 7.28. The third-order valence-corrected chi connectivity index (χ3v) is 3.60. The minimum absolute atomic E-state index is 0.188. The molecule has 0 radical (unpaired) electrons. The molecule has 0 saturated heterocycles. The summed E-state index contributed by atoms with van der Waals surface area (Å²) in [6.07, 6.45) is 0.585. The number of aromatic nitrogens is 1. The van der Waals surface area contributed by atoms with Crippen LogP contribution < -0.4 is 5.32 Å². The summed E-state index contributed by atoms with van der Waals surface area (Å²) in [5.74, 6) is -0.525. The number of pyridine rings is 1. The molecule has 0 unspecified atom stereocenters. The molecular weight excluding hydrogens is 304 g/mol. The molecule has 22 heavy (non-hydrogen) atoms. The zero-order chi connectivity index (χ0) is 16.1. The number of hydrogen-bond acceptors (Lipinski definition) is 4. The molecule has 1 N–H and O–H groups in total. The van der Waals surface area contributed by atoms with Gasteiger partial charge in [-0.3, -0.25) is 14.6 Å². The van der Waals surface area contributed by atoms with Crippen LogP contribution in [0.3, 0.4) is 0 Å². The molecular formula is C16H17ClN2O3. The van der Waals surface area contributed by atoms with Crippen LogP contribution in [0.25, 0.3) is 10.9 Å². The summed E-state index contributed by atoms with van der Waals surface area (Å²) in [6, 6.07) is 8.84. The van der Waals surface area contributed by atoms with Gasteiger partial charge in [-0.2, -0.15) is 0 Å². The smallest absolute Gasteiger partial charge is 0.305 e. The third-order valence-electron chi connectivity index (χ3n) is 3.28. The fourth-order valence-electron chi connectivity index (χ4n) is 2.23. The van der Waals surface area contributed by atoms with E-state index < -0.39 is 6.04 Å². The van der Waals surface area contributed by atoms with Crippen LogP contribution in [-0.2, 0) is 14.3 Å². The van der Waals surface area contributed by atoms with Gasteiger partial charge < -0.3 is 10.1 Å². The van der Waals surface area contributed by atoms with Crippen molar-refractivity contribution >= 4 is 34.4 Å². The molecule has 5 nitrogen and oxygen atoms in total. The molecule has 0 aliphatic carbocycles. The van der Waals surface area contributed by atoms with Crippen molar-refractivity contribution in [1.82, 2.24) is 10.3 Å². The Bertz CT molecular complexity index is 703. The van der Waals surface area contributed by atoms with E-state index in [0.717, 1.165) is 10.9 Å². The molecule has 0 bridgehead atoms.